The van der Waals surface area contributed by atoms with Gasteiger partial charge in [-0.2, -0.15) is 0 Å². The van der Waals surface area contributed by atoms with Crippen LogP contribution in [0.3, 0.4) is 0 Å². The van der Waals surface area contributed by atoms with E-state index in [1.165, 1.54) is 11.9 Å². The highest BCUT2D eigenvalue weighted by atomic mass is 19.1. The van der Waals surface area contributed by atoms with Crippen LogP contribution in [0.2, 0.25) is 0 Å². The van der Waals surface area contributed by atoms with Gasteiger partial charge in [-0.3, -0.25) is 0 Å². The van der Waals surface area contributed by atoms with Gasteiger partial charge in [0.25, 0.3) is 0 Å². The number of nitrogens with two attached hydrogens (primary N) is 1. The van der Waals surface area contributed by atoms with E-state index >= 15 is 0 Å². The molecule has 0 saturated heterocycles. The van der Waals surface area contributed by atoms with Crippen LogP contribution in [-0.4, -0.2) is 29.8 Å². The molecule has 1 unspecified atom stereocenters. The van der Waals surface area contributed by atoms with Gasteiger partial charge in [0.15, 0.2) is 23.3 Å². The Hall–Kier alpha value is -1.47. The van der Waals surface area contributed by atoms with Gasteiger partial charge in [0.2, 0.25) is 0 Å². The molecule has 0 spiro atoms. The van der Waals surface area contributed by atoms with E-state index < -0.39 is 17.7 Å². The van der Waals surface area contributed by atoms with Gasteiger partial charge >= 0.3 is 0 Å². The number of hydrogen-bond donors (Lipinski definition) is 3. The largest absolute Gasteiger partial charge is 0.392 e. The Bertz CT molecular complexity index is 373. The van der Waals surface area contributed by atoms with Crippen LogP contribution in [0.15, 0.2) is 6.07 Å². The predicted molar refractivity (Wildman–Crippen MR) is 56.9 cm³/mol. The first kappa shape index (κ1) is 12.6. The number of nitrogens with zero attached hydrogens (tertiary/aromatic N) is 2. The van der Waals surface area contributed by atoms with E-state index in [0.29, 0.717) is 6.07 Å². The van der Waals surface area contributed by atoms with Crippen LogP contribution in [0.4, 0.5) is 20.4 Å². The molecule has 1 atom stereocenters. The Morgan fingerprint density at radius 2 is 2.19 bits per heavy atom. The summed E-state index contributed by atoms with van der Waals surface area (Å²) in [7, 11) is 1.54. The number of aliphatic hydroxyl groups is 1. The first-order valence-electron chi connectivity index (χ1n) is 4.67. The molecular formula is C9H14F2N4O. The summed E-state index contributed by atoms with van der Waals surface area (Å²) in [6.07, 6.45) is -0.648. The number of hydrogen-bond acceptors (Lipinski definition) is 5. The highest BCUT2D eigenvalue weighted by Gasteiger charge is 2.15. The standard InChI is InChI=1S/C9H14F2N4O/c1-5(16)4-15(2)9-7(11)3-6(10)8(13-9)14-12/h3,5,16H,4,12H2,1-2H3,(H,13,14). The quantitative estimate of drug-likeness (QED) is 0.519. The number of rotatable bonds is 4. The fourth-order valence-electron chi connectivity index (χ4n) is 1.31. The fourth-order valence-corrected chi connectivity index (χ4v) is 1.31. The van der Waals surface area contributed by atoms with Crippen LogP contribution in [0.25, 0.3) is 0 Å². The Labute approximate surface area is 91.9 Å². The molecule has 7 heteroatoms. The monoisotopic (exact) mass is 232 g/mol. The number of aliphatic hydroxyl groups excluding tert-OH is 1. The van der Waals surface area contributed by atoms with E-state index in [1.54, 1.807) is 6.92 Å². The SMILES string of the molecule is CC(O)CN(C)c1nc(NN)c(F)cc1F. The van der Waals surface area contributed by atoms with Gasteiger partial charge in [0.1, 0.15) is 0 Å². The Balaban J connectivity index is 3.03. The maximum Gasteiger partial charge on any atom is 0.178 e. The van der Waals surface area contributed by atoms with Crippen LogP contribution in [0.1, 0.15) is 6.92 Å². The predicted octanol–water partition coefficient (Wildman–Crippen LogP) is 0.462. The normalized spacial score (nSPS) is 12.4. The molecule has 0 saturated carbocycles. The van der Waals surface area contributed by atoms with Crippen LogP contribution in [0, 0.1) is 11.6 Å². The Morgan fingerprint density at radius 3 is 2.69 bits per heavy atom. The van der Waals surface area contributed by atoms with Gasteiger partial charge in [-0.1, -0.05) is 0 Å². The topological polar surface area (TPSA) is 74.4 Å². The van der Waals surface area contributed by atoms with Gasteiger partial charge in [-0.15, -0.1) is 0 Å². The average Bonchev–Trinajstić information content (AvgIpc) is 2.16. The molecule has 4 N–H and O–H groups in total. The van der Waals surface area contributed by atoms with Crippen molar-refractivity contribution >= 4 is 11.6 Å². The van der Waals surface area contributed by atoms with E-state index in [2.05, 4.69) is 4.98 Å². The number of nitrogen functional groups attached to an aromatic ring is 1. The van der Waals surface area contributed by atoms with Crippen LogP contribution in [-0.2, 0) is 0 Å². The van der Waals surface area contributed by atoms with Gasteiger partial charge in [0, 0.05) is 19.7 Å². The fraction of sp³-hybridized carbons (Fsp3) is 0.444. The number of pyridine rings is 1. The first-order chi connectivity index (χ1) is 7.45. The zero-order valence-corrected chi connectivity index (χ0v) is 9.04. The minimum Gasteiger partial charge on any atom is -0.392 e. The van der Waals surface area contributed by atoms with Crippen molar-refractivity contribution in [2.24, 2.45) is 5.84 Å². The van der Waals surface area contributed by atoms with Crippen molar-refractivity contribution < 1.29 is 13.9 Å². The molecule has 0 fully saturated rings. The molecule has 90 valence electrons. The van der Waals surface area contributed by atoms with Crippen molar-refractivity contribution in [1.82, 2.24) is 4.98 Å². The van der Waals surface area contributed by atoms with Gasteiger partial charge in [-0.25, -0.2) is 19.6 Å². The summed E-state index contributed by atoms with van der Waals surface area (Å²) in [6, 6.07) is 0.691. The molecule has 16 heavy (non-hydrogen) atoms. The third-order valence-corrected chi connectivity index (χ3v) is 1.95. The van der Waals surface area contributed by atoms with Gasteiger partial charge in [-0.05, 0) is 6.92 Å². The molecule has 0 aliphatic carbocycles. The van der Waals surface area contributed by atoms with E-state index in [1.807, 2.05) is 5.43 Å². The molecule has 1 rings (SSSR count). The third kappa shape index (κ3) is 2.77. The molecule has 5 nitrogen and oxygen atoms in total. The molecule has 0 amide bonds. The number of nitrogens with one attached hydrogen (secondary N) is 1. The molecule has 1 aromatic rings. The zero-order chi connectivity index (χ0) is 12.3. The second-order valence-corrected chi connectivity index (χ2v) is 3.50. The van der Waals surface area contributed by atoms with E-state index in [9.17, 15) is 8.78 Å². The second-order valence-electron chi connectivity index (χ2n) is 3.50. The lowest BCUT2D eigenvalue weighted by molar-refractivity contribution is 0.201. The summed E-state index contributed by atoms with van der Waals surface area (Å²) in [5.74, 6) is 3.04. The maximum atomic E-state index is 13.4. The van der Waals surface area contributed by atoms with Gasteiger partial charge in [0.05, 0.1) is 6.10 Å². The van der Waals surface area contributed by atoms with Crippen molar-refractivity contribution in [2.75, 3.05) is 23.9 Å². The smallest absolute Gasteiger partial charge is 0.178 e. The Morgan fingerprint density at radius 1 is 1.56 bits per heavy atom. The lowest BCUT2D eigenvalue weighted by Crippen LogP contribution is -2.29. The Kier molecular flexibility index (Phi) is 3.97. The van der Waals surface area contributed by atoms with Crippen molar-refractivity contribution in [3.05, 3.63) is 17.7 Å². The lowest BCUT2D eigenvalue weighted by atomic mass is 10.3. The first-order valence-corrected chi connectivity index (χ1v) is 4.67. The van der Waals surface area contributed by atoms with Crippen molar-refractivity contribution in [3.8, 4) is 0 Å². The third-order valence-electron chi connectivity index (χ3n) is 1.95. The molecule has 1 aromatic heterocycles. The molecule has 0 bridgehead atoms. The minimum absolute atomic E-state index is 0.0738. The highest BCUT2D eigenvalue weighted by molar-refractivity contribution is 5.48. The summed E-state index contributed by atoms with van der Waals surface area (Å²) in [5, 5.41) is 9.15. The number of halogens is 2. The van der Waals surface area contributed by atoms with Crippen molar-refractivity contribution in [3.63, 3.8) is 0 Å². The summed E-state index contributed by atoms with van der Waals surface area (Å²) < 4.78 is 26.4. The van der Waals surface area contributed by atoms with Crippen LogP contribution in [0.5, 0.6) is 0 Å². The summed E-state index contributed by atoms with van der Waals surface area (Å²) in [5.41, 5.74) is 2.03. The van der Waals surface area contributed by atoms with Crippen LogP contribution >= 0.6 is 0 Å². The average molecular weight is 232 g/mol. The molecule has 1 heterocycles. The summed E-state index contributed by atoms with van der Waals surface area (Å²) >= 11 is 0. The molecule has 0 radical (unpaired) electrons. The second kappa shape index (κ2) is 5.04. The van der Waals surface area contributed by atoms with E-state index in [0.717, 1.165) is 0 Å². The summed E-state index contributed by atoms with van der Waals surface area (Å²) in [4.78, 5) is 5.05. The van der Waals surface area contributed by atoms with Crippen LogP contribution < -0.4 is 16.2 Å². The number of hydrazine groups is 1. The molecule has 0 aliphatic rings. The lowest BCUT2D eigenvalue weighted by Gasteiger charge is -2.20. The maximum absolute atomic E-state index is 13.4. The number of aromatic nitrogens is 1. The molecule has 0 aliphatic heterocycles. The van der Waals surface area contributed by atoms with E-state index in [4.69, 9.17) is 10.9 Å². The molecule has 0 aromatic carbocycles. The number of anilines is 2. The summed E-state index contributed by atoms with van der Waals surface area (Å²) in [6.45, 7) is 1.74. The van der Waals surface area contributed by atoms with E-state index in [-0.39, 0.29) is 18.2 Å². The van der Waals surface area contributed by atoms with Crippen molar-refractivity contribution in [1.29, 1.82) is 0 Å². The number of likely N-dealkylation sites (N-methyl/N-ethyl adjacent to an activating group) is 1. The minimum atomic E-state index is -0.866. The van der Waals surface area contributed by atoms with Crippen molar-refractivity contribution in [2.45, 2.75) is 13.0 Å². The van der Waals surface area contributed by atoms with Gasteiger partial charge < -0.3 is 15.4 Å². The zero-order valence-electron chi connectivity index (χ0n) is 9.04. The molecular weight excluding hydrogens is 218 g/mol. The highest BCUT2D eigenvalue weighted by Crippen LogP contribution is 2.20.